The van der Waals surface area contributed by atoms with Crippen LogP contribution in [0.4, 0.5) is 5.69 Å². The molecule has 0 spiro atoms. The molecule has 0 unspecified atom stereocenters. The number of thiazole rings is 1. The Labute approximate surface area is 120 Å². The fourth-order valence-electron chi connectivity index (χ4n) is 2.71. The van der Waals surface area contributed by atoms with Crippen molar-refractivity contribution in [3.05, 3.63) is 53.3 Å². The Hall–Kier alpha value is -2.14. The molecule has 0 aliphatic carbocycles. The molecular formula is C15H13N3OS. The molecule has 4 nitrogen and oxygen atoms in total. The summed E-state index contributed by atoms with van der Waals surface area (Å²) >= 11 is 1.54. The molecule has 100 valence electrons. The summed E-state index contributed by atoms with van der Waals surface area (Å²) in [4.78, 5) is 19.8. The highest BCUT2D eigenvalue weighted by Crippen LogP contribution is 2.28. The largest absolute Gasteiger partial charge is 0.307 e. The molecule has 1 aromatic carbocycles. The van der Waals surface area contributed by atoms with Crippen LogP contribution >= 0.6 is 11.3 Å². The third-order valence-electron chi connectivity index (χ3n) is 3.67. The van der Waals surface area contributed by atoms with Crippen LogP contribution in [0.3, 0.4) is 0 Å². The van der Waals surface area contributed by atoms with Crippen LogP contribution in [0.15, 0.2) is 42.0 Å². The van der Waals surface area contributed by atoms with Crippen molar-refractivity contribution in [2.45, 2.75) is 12.8 Å². The summed E-state index contributed by atoms with van der Waals surface area (Å²) in [6.45, 7) is 0.765. The van der Waals surface area contributed by atoms with Gasteiger partial charge in [0.25, 0.3) is 5.91 Å². The van der Waals surface area contributed by atoms with E-state index in [-0.39, 0.29) is 5.91 Å². The van der Waals surface area contributed by atoms with Gasteiger partial charge in [-0.3, -0.25) is 9.20 Å². The molecule has 0 N–H and O–H groups in total. The summed E-state index contributed by atoms with van der Waals surface area (Å²) in [5.74, 6) is -0.00644. The molecule has 2 aromatic heterocycles. The van der Waals surface area contributed by atoms with E-state index in [1.54, 1.807) is 0 Å². The zero-order valence-corrected chi connectivity index (χ0v) is 11.6. The van der Waals surface area contributed by atoms with Crippen LogP contribution < -0.4 is 4.90 Å². The zero-order valence-electron chi connectivity index (χ0n) is 10.8. The van der Waals surface area contributed by atoms with Crippen LogP contribution in [-0.4, -0.2) is 21.8 Å². The van der Waals surface area contributed by atoms with Crippen LogP contribution in [0, 0.1) is 0 Å². The highest BCUT2D eigenvalue weighted by Gasteiger charge is 2.25. The van der Waals surface area contributed by atoms with Crippen molar-refractivity contribution in [3.63, 3.8) is 0 Å². The maximum Gasteiger partial charge on any atom is 0.278 e. The van der Waals surface area contributed by atoms with Crippen molar-refractivity contribution in [1.29, 1.82) is 0 Å². The molecule has 5 heteroatoms. The van der Waals surface area contributed by atoms with Crippen LogP contribution in [0.1, 0.15) is 22.5 Å². The Morgan fingerprint density at radius 2 is 2.20 bits per heavy atom. The number of carbonyl (C=O) groups is 1. The van der Waals surface area contributed by atoms with E-state index in [9.17, 15) is 4.79 Å². The van der Waals surface area contributed by atoms with Gasteiger partial charge in [-0.1, -0.05) is 18.2 Å². The molecule has 3 heterocycles. The van der Waals surface area contributed by atoms with E-state index in [1.807, 2.05) is 45.3 Å². The number of fused-ring (bicyclic) bond motifs is 2. The Morgan fingerprint density at radius 1 is 1.30 bits per heavy atom. The standard InChI is InChI=1S/C15H13N3OS/c19-14(12-10-17-8-9-20-15(17)16-12)18-7-3-5-11-4-1-2-6-13(11)18/h1-2,4,6,8-10H,3,5,7H2. The molecule has 0 bridgehead atoms. The second kappa shape index (κ2) is 4.45. The van der Waals surface area contributed by atoms with Crippen LogP contribution in [0.25, 0.3) is 4.96 Å². The van der Waals surface area contributed by atoms with Crippen molar-refractivity contribution >= 4 is 27.9 Å². The van der Waals surface area contributed by atoms with Gasteiger partial charge in [-0.15, -0.1) is 11.3 Å². The summed E-state index contributed by atoms with van der Waals surface area (Å²) in [5, 5.41) is 1.97. The first-order valence-electron chi connectivity index (χ1n) is 6.65. The van der Waals surface area contributed by atoms with Gasteiger partial charge in [0, 0.05) is 30.0 Å². The average molecular weight is 283 g/mol. The van der Waals surface area contributed by atoms with Crippen LogP contribution in [0.5, 0.6) is 0 Å². The number of aryl methyl sites for hydroxylation is 1. The summed E-state index contributed by atoms with van der Waals surface area (Å²) in [5.41, 5.74) is 2.79. The lowest BCUT2D eigenvalue weighted by molar-refractivity contribution is 0.0981. The van der Waals surface area contributed by atoms with Gasteiger partial charge in [-0.05, 0) is 24.5 Å². The summed E-state index contributed by atoms with van der Waals surface area (Å²) < 4.78 is 1.90. The third kappa shape index (κ3) is 1.74. The van der Waals surface area contributed by atoms with Crippen molar-refractivity contribution in [2.75, 3.05) is 11.4 Å². The quantitative estimate of drug-likeness (QED) is 0.688. The fraction of sp³-hybridized carbons (Fsp3) is 0.200. The number of carbonyl (C=O) groups excluding carboxylic acids is 1. The predicted molar refractivity (Wildman–Crippen MR) is 79.5 cm³/mol. The molecule has 4 rings (SSSR count). The number of amides is 1. The molecule has 0 atom stereocenters. The smallest absolute Gasteiger partial charge is 0.278 e. The van der Waals surface area contributed by atoms with Gasteiger partial charge in [0.05, 0.1) is 0 Å². The van der Waals surface area contributed by atoms with Gasteiger partial charge >= 0.3 is 0 Å². The number of hydrogen-bond acceptors (Lipinski definition) is 3. The van der Waals surface area contributed by atoms with Gasteiger partial charge in [0.15, 0.2) is 4.96 Å². The molecule has 20 heavy (non-hydrogen) atoms. The third-order valence-corrected chi connectivity index (χ3v) is 4.44. The van der Waals surface area contributed by atoms with Gasteiger partial charge in [0.2, 0.25) is 0 Å². The first-order valence-corrected chi connectivity index (χ1v) is 7.53. The molecule has 0 saturated carbocycles. The molecule has 0 saturated heterocycles. The maximum absolute atomic E-state index is 12.7. The molecule has 1 amide bonds. The van der Waals surface area contributed by atoms with Crippen LogP contribution in [-0.2, 0) is 6.42 Å². The van der Waals surface area contributed by atoms with Gasteiger partial charge < -0.3 is 4.90 Å². The monoisotopic (exact) mass is 283 g/mol. The van der Waals surface area contributed by atoms with E-state index < -0.39 is 0 Å². The minimum absolute atomic E-state index is 0.00644. The second-order valence-corrected chi connectivity index (χ2v) is 5.78. The molecule has 0 radical (unpaired) electrons. The Kier molecular flexibility index (Phi) is 2.60. The maximum atomic E-state index is 12.7. The molecule has 1 aliphatic heterocycles. The first-order chi connectivity index (χ1) is 9.83. The molecule has 1 aliphatic rings. The summed E-state index contributed by atoms with van der Waals surface area (Å²) in [6, 6.07) is 8.13. The van der Waals surface area contributed by atoms with Crippen molar-refractivity contribution in [2.24, 2.45) is 0 Å². The molecule has 0 fully saturated rings. The minimum atomic E-state index is -0.00644. The van der Waals surface area contributed by atoms with E-state index in [0.717, 1.165) is 30.0 Å². The number of aromatic nitrogens is 2. The average Bonchev–Trinajstić information content (AvgIpc) is 3.07. The Morgan fingerprint density at radius 3 is 3.10 bits per heavy atom. The Bertz CT molecular complexity index is 761. The van der Waals surface area contributed by atoms with Gasteiger partial charge in [-0.2, -0.15) is 0 Å². The lowest BCUT2D eigenvalue weighted by Crippen LogP contribution is -2.35. The number of rotatable bonds is 1. The van der Waals surface area contributed by atoms with E-state index in [1.165, 1.54) is 16.9 Å². The molecule has 3 aromatic rings. The number of nitrogens with zero attached hydrogens (tertiary/aromatic N) is 3. The minimum Gasteiger partial charge on any atom is -0.307 e. The Balaban J connectivity index is 1.74. The number of imidazole rings is 1. The van der Waals surface area contributed by atoms with Crippen molar-refractivity contribution in [3.8, 4) is 0 Å². The predicted octanol–water partition coefficient (Wildman–Crippen LogP) is 2.99. The zero-order chi connectivity index (χ0) is 13.5. The van der Waals surface area contributed by atoms with Crippen molar-refractivity contribution in [1.82, 2.24) is 9.38 Å². The second-order valence-electron chi connectivity index (χ2n) is 4.91. The van der Waals surface area contributed by atoms with Crippen LogP contribution in [0.2, 0.25) is 0 Å². The SMILES string of the molecule is O=C(c1cn2ccsc2n1)N1CCCc2ccccc21. The number of benzene rings is 1. The van der Waals surface area contributed by atoms with E-state index in [0.29, 0.717) is 5.69 Å². The molecular weight excluding hydrogens is 270 g/mol. The van der Waals surface area contributed by atoms with E-state index in [2.05, 4.69) is 11.1 Å². The summed E-state index contributed by atoms with van der Waals surface area (Å²) in [7, 11) is 0. The number of hydrogen-bond donors (Lipinski definition) is 0. The first kappa shape index (κ1) is 11.7. The van der Waals surface area contributed by atoms with Gasteiger partial charge in [-0.25, -0.2) is 4.98 Å². The number of para-hydroxylation sites is 1. The van der Waals surface area contributed by atoms with E-state index in [4.69, 9.17) is 0 Å². The lowest BCUT2D eigenvalue weighted by atomic mass is 10.0. The highest BCUT2D eigenvalue weighted by atomic mass is 32.1. The summed E-state index contributed by atoms with van der Waals surface area (Å²) in [6.07, 6.45) is 5.78. The van der Waals surface area contributed by atoms with E-state index >= 15 is 0 Å². The fourth-order valence-corrected chi connectivity index (χ4v) is 3.41. The number of anilines is 1. The lowest BCUT2D eigenvalue weighted by Gasteiger charge is -2.28. The highest BCUT2D eigenvalue weighted by molar-refractivity contribution is 7.15. The van der Waals surface area contributed by atoms with Gasteiger partial charge in [0.1, 0.15) is 5.69 Å². The van der Waals surface area contributed by atoms with Crippen molar-refractivity contribution < 1.29 is 4.79 Å². The topological polar surface area (TPSA) is 37.6 Å². The normalized spacial score (nSPS) is 14.5.